The number of rotatable bonds is 5. The minimum Gasteiger partial charge on any atom is -0.496 e. The molecule has 7 heteroatoms. The Morgan fingerprint density at radius 1 is 1.27 bits per heavy atom. The number of hydrogen-bond donors (Lipinski definition) is 1. The Hall–Kier alpha value is -2.73. The van der Waals surface area contributed by atoms with Gasteiger partial charge in [0.1, 0.15) is 18.1 Å². The molecule has 160 valence electrons. The lowest BCUT2D eigenvalue weighted by Crippen LogP contribution is -2.43. The predicted molar refractivity (Wildman–Crippen MR) is 119 cm³/mol. The molecule has 1 N–H and O–H groups in total. The van der Waals surface area contributed by atoms with Crippen LogP contribution in [0.2, 0.25) is 5.02 Å². The number of nitrogens with one attached hydrogen (secondary N) is 1. The van der Waals surface area contributed by atoms with Crippen molar-refractivity contribution in [3.05, 3.63) is 47.0 Å². The summed E-state index contributed by atoms with van der Waals surface area (Å²) in [6.07, 6.45) is 0. The molecule has 2 amide bonds. The molecule has 2 aromatic rings. The summed E-state index contributed by atoms with van der Waals surface area (Å²) < 4.78 is 11.2. The number of anilines is 2. The average molecular weight is 431 g/mol. The second kappa shape index (κ2) is 8.56. The molecule has 30 heavy (non-hydrogen) atoms. The summed E-state index contributed by atoms with van der Waals surface area (Å²) in [5, 5.41) is 3.31. The average Bonchev–Trinajstić information content (AvgIpc) is 2.78. The minimum absolute atomic E-state index is 0.00469. The molecule has 0 aromatic heterocycles. The van der Waals surface area contributed by atoms with Crippen molar-refractivity contribution in [3.8, 4) is 11.5 Å². The van der Waals surface area contributed by atoms with Crippen LogP contribution in [-0.2, 0) is 4.79 Å². The lowest BCUT2D eigenvalue weighted by molar-refractivity contribution is -0.127. The van der Waals surface area contributed by atoms with E-state index in [1.165, 1.54) is 7.11 Å². The first kappa shape index (κ1) is 22.0. The van der Waals surface area contributed by atoms with Gasteiger partial charge in [0.2, 0.25) is 5.91 Å². The van der Waals surface area contributed by atoms with Crippen molar-refractivity contribution < 1.29 is 19.1 Å². The Labute approximate surface area is 182 Å². The van der Waals surface area contributed by atoms with Gasteiger partial charge >= 0.3 is 0 Å². The van der Waals surface area contributed by atoms with Gasteiger partial charge in [0.15, 0.2) is 0 Å². The van der Waals surface area contributed by atoms with Crippen LogP contribution >= 0.6 is 11.6 Å². The zero-order valence-electron chi connectivity index (χ0n) is 17.9. The van der Waals surface area contributed by atoms with Gasteiger partial charge in [0.05, 0.1) is 23.8 Å². The Morgan fingerprint density at radius 2 is 2.00 bits per heavy atom. The Bertz CT molecular complexity index is 972. The second-order valence-electron chi connectivity index (χ2n) is 8.46. The third-order valence-corrected chi connectivity index (χ3v) is 5.11. The van der Waals surface area contributed by atoms with E-state index >= 15 is 0 Å². The van der Waals surface area contributed by atoms with Crippen molar-refractivity contribution in [1.29, 1.82) is 0 Å². The molecular formula is C23H27ClN2O4. The van der Waals surface area contributed by atoms with E-state index in [1.54, 1.807) is 41.3 Å². The van der Waals surface area contributed by atoms with Gasteiger partial charge in [0, 0.05) is 17.3 Å². The van der Waals surface area contributed by atoms with E-state index in [-0.39, 0.29) is 17.7 Å². The highest BCUT2D eigenvalue weighted by atomic mass is 35.5. The summed E-state index contributed by atoms with van der Waals surface area (Å²) >= 11 is 6.05. The molecule has 1 aliphatic rings. The van der Waals surface area contributed by atoms with Crippen molar-refractivity contribution in [2.75, 3.05) is 30.5 Å². The van der Waals surface area contributed by atoms with Crippen LogP contribution in [0.1, 0.15) is 38.1 Å². The van der Waals surface area contributed by atoms with E-state index in [9.17, 15) is 9.59 Å². The standard InChI is InChI=1S/C23H27ClN2O4/c1-14(2)12-26-18-11-16(7-9-20(18)30-13-23(3,4)22(26)28)25-21(27)17-10-15(24)6-8-19(17)29-5/h6-11,14H,12-13H2,1-5H3,(H,25,27). The van der Waals surface area contributed by atoms with Gasteiger partial charge in [-0.2, -0.15) is 0 Å². The quantitative estimate of drug-likeness (QED) is 0.724. The minimum atomic E-state index is -0.647. The first-order valence-corrected chi connectivity index (χ1v) is 10.2. The summed E-state index contributed by atoms with van der Waals surface area (Å²) in [7, 11) is 1.50. The van der Waals surface area contributed by atoms with Crippen LogP contribution in [0.4, 0.5) is 11.4 Å². The van der Waals surface area contributed by atoms with Crippen molar-refractivity contribution >= 4 is 34.8 Å². The van der Waals surface area contributed by atoms with Gasteiger partial charge in [-0.15, -0.1) is 0 Å². The van der Waals surface area contributed by atoms with Crippen LogP contribution in [0.25, 0.3) is 0 Å². The van der Waals surface area contributed by atoms with Crippen LogP contribution in [0, 0.1) is 11.3 Å². The zero-order chi connectivity index (χ0) is 22.1. The molecule has 0 fully saturated rings. The molecule has 6 nitrogen and oxygen atoms in total. The highest BCUT2D eigenvalue weighted by molar-refractivity contribution is 6.31. The van der Waals surface area contributed by atoms with E-state index in [4.69, 9.17) is 21.1 Å². The number of benzene rings is 2. The smallest absolute Gasteiger partial charge is 0.259 e. The molecule has 0 bridgehead atoms. The van der Waals surface area contributed by atoms with Crippen LogP contribution in [0.5, 0.6) is 11.5 Å². The largest absolute Gasteiger partial charge is 0.496 e. The van der Waals surface area contributed by atoms with Gasteiger partial charge < -0.3 is 19.7 Å². The molecule has 0 aliphatic carbocycles. The number of amides is 2. The molecular weight excluding hydrogens is 404 g/mol. The van der Waals surface area contributed by atoms with Crippen LogP contribution < -0.4 is 19.7 Å². The third kappa shape index (κ3) is 4.54. The first-order chi connectivity index (χ1) is 14.1. The van der Waals surface area contributed by atoms with Crippen LogP contribution in [0.15, 0.2) is 36.4 Å². The number of halogens is 1. The molecule has 1 aliphatic heterocycles. The van der Waals surface area contributed by atoms with Crippen LogP contribution in [-0.4, -0.2) is 32.1 Å². The summed E-state index contributed by atoms with van der Waals surface area (Å²) in [6, 6.07) is 10.2. The SMILES string of the molecule is COc1ccc(Cl)cc1C(=O)Nc1ccc2c(c1)N(CC(C)C)C(=O)C(C)(C)CO2. The van der Waals surface area contributed by atoms with E-state index in [2.05, 4.69) is 19.2 Å². The van der Waals surface area contributed by atoms with Crippen molar-refractivity contribution in [1.82, 2.24) is 0 Å². The number of hydrogen-bond acceptors (Lipinski definition) is 4. The number of carbonyl (C=O) groups excluding carboxylic acids is 2. The fourth-order valence-electron chi connectivity index (χ4n) is 3.33. The van der Waals surface area contributed by atoms with Crippen molar-refractivity contribution in [2.24, 2.45) is 11.3 Å². The zero-order valence-corrected chi connectivity index (χ0v) is 18.7. The van der Waals surface area contributed by atoms with Gasteiger partial charge in [-0.1, -0.05) is 25.4 Å². The van der Waals surface area contributed by atoms with Crippen molar-refractivity contribution in [2.45, 2.75) is 27.7 Å². The van der Waals surface area contributed by atoms with Gasteiger partial charge in [0.25, 0.3) is 5.91 Å². The molecule has 0 saturated carbocycles. The van der Waals surface area contributed by atoms with Gasteiger partial charge in [-0.3, -0.25) is 9.59 Å². The topological polar surface area (TPSA) is 67.9 Å². The molecule has 0 unspecified atom stereocenters. The fourth-order valence-corrected chi connectivity index (χ4v) is 3.50. The van der Waals surface area contributed by atoms with Crippen LogP contribution in [0.3, 0.4) is 0 Å². The number of ether oxygens (including phenoxy) is 2. The Morgan fingerprint density at radius 3 is 2.67 bits per heavy atom. The van der Waals surface area contributed by atoms with E-state index < -0.39 is 5.41 Å². The molecule has 0 spiro atoms. The maximum absolute atomic E-state index is 13.2. The highest BCUT2D eigenvalue weighted by Crippen LogP contribution is 2.39. The summed E-state index contributed by atoms with van der Waals surface area (Å²) in [4.78, 5) is 27.8. The molecule has 0 saturated heterocycles. The number of fused-ring (bicyclic) bond motifs is 1. The van der Waals surface area contributed by atoms with Crippen molar-refractivity contribution in [3.63, 3.8) is 0 Å². The summed E-state index contributed by atoms with van der Waals surface area (Å²) in [5.74, 6) is 0.951. The summed E-state index contributed by atoms with van der Waals surface area (Å²) in [5.41, 5.74) is 0.874. The monoisotopic (exact) mass is 430 g/mol. The molecule has 3 rings (SSSR count). The van der Waals surface area contributed by atoms with E-state index in [1.807, 2.05) is 13.8 Å². The number of methoxy groups -OCH3 is 1. The Kier molecular flexibility index (Phi) is 6.27. The first-order valence-electron chi connectivity index (χ1n) is 9.86. The van der Waals surface area contributed by atoms with Gasteiger partial charge in [-0.05, 0) is 56.2 Å². The molecule has 2 aromatic carbocycles. The number of carbonyl (C=O) groups is 2. The third-order valence-electron chi connectivity index (χ3n) is 4.87. The van der Waals surface area contributed by atoms with E-state index in [0.717, 1.165) is 0 Å². The molecule has 0 atom stereocenters. The maximum Gasteiger partial charge on any atom is 0.259 e. The van der Waals surface area contributed by atoms with E-state index in [0.29, 0.717) is 46.6 Å². The summed E-state index contributed by atoms with van der Waals surface area (Å²) in [6.45, 7) is 8.72. The van der Waals surface area contributed by atoms with Gasteiger partial charge in [-0.25, -0.2) is 0 Å². The normalized spacial score (nSPS) is 15.3. The predicted octanol–water partition coefficient (Wildman–Crippen LogP) is 5.01. The molecule has 1 heterocycles. The lowest BCUT2D eigenvalue weighted by Gasteiger charge is -2.29. The number of nitrogens with zero attached hydrogens (tertiary/aromatic N) is 1. The maximum atomic E-state index is 13.2. The lowest BCUT2D eigenvalue weighted by atomic mass is 9.92. The second-order valence-corrected chi connectivity index (χ2v) is 8.90. The molecule has 0 radical (unpaired) electrons. The fraction of sp³-hybridized carbons (Fsp3) is 0.391. The highest BCUT2D eigenvalue weighted by Gasteiger charge is 2.38. The Balaban J connectivity index is 1.96.